The van der Waals surface area contributed by atoms with Crippen LogP contribution in [0.3, 0.4) is 0 Å². The Bertz CT molecular complexity index is 538. The van der Waals surface area contributed by atoms with Gasteiger partial charge in [0.1, 0.15) is 0 Å². The van der Waals surface area contributed by atoms with E-state index in [4.69, 9.17) is 4.74 Å². The first-order valence-electron chi connectivity index (χ1n) is 10.1. The van der Waals surface area contributed by atoms with Crippen molar-refractivity contribution in [3.63, 3.8) is 0 Å². The molecule has 0 aromatic heterocycles. The fraction of sp³-hybridized carbons (Fsp3) is 0.667. The predicted octanol–water partition coefficient (Wildman–Crippen LogP) is 8.95. The molecule has 0 unspecified atom stereocenters. The molecule has 0 heterocycles. The molecule has 0 radical (unpaired) electrons. The molecule has 0 spiro atoms. The average molecular weight is 425 g/mol. The molecule has 0 fully saturated rings. The fourth-order valence-electron chi connectivity index (χ4n) is 4.25. The van der Waals surface area contributed by atoms with Crippen LogP contribution in [-0.2, 0) is 21.7 Å². The molecule has 0 amide bonds. The largest absolute Gasteiger partial charge is 0.270 e. The van der Waals surface area contributed by atoms with Gasteiger partial charge < -0.3 is 0 Å². The Labute approximate surface area is 185 Å². The van der Waals surface area contributed by atoms with Crippen molar-refractivity contribution in [2.45, 2.75) is 103 Å². The van der Waals surface area contributed by atoms with Crippen molar-refractivity contribution in [1.82, 2.24) is 0 Å². The molecule has 0 aliphatic heterocycles. The summed E-state index contributed by atoms with van der Waals surface area (Å²) in [5.74, 6) is 0. The van der Waals surface area contributed by atoms with Gasteiger partial charge in [-0.3, -0.25) is 4.74 Å². The average Bonchev–Trinajstić information content (AvgIpc) is 3.12. The molecule has 0 bridgehead atoms. The molecule has 0 saturated heterocycles. The van der Waals surface area contributed by atoms with Gasteiger partial charge >= 0.3 is 0 Å². The van der Waals surface area contributed by atoms with Crippen LogP contribution in [0.1, 0.15) is 88.0 Å². The van der Waals surface area contributed by atoms with Crippen molar-refractivity contribution < 1.29 is 21.7 Å². The summed E-state index contributed by atoms with van der Waals surface area (Å²) in [5.41, 5.74) is 1.30. The molecule has 27 heavy (non-hydrogen) atoms. The summed E-state index contributed by atoms with van der Waals surface area (Å²) >= 11 is 0. The summed E-state index contributed by atoms with van der Waals surface area (Å²) in [6.07, 6.45) is 14.5. The molecule has 0 atom stereocenters. The SMILES string of the molecule is C=CC=C.CCC(C)(C)P(=NC1=CC=CC1)(C(C)(C)CC)C(C)(C)CC.[Ti]. The third-order valence-corrected chi connectivity index (χ3v) is 13.2. The maximum absolute atomic E-state index is 5.64. The van der Waals surface area contributed by atoms with Gasteiger partial charge in [-0.15, -0.1) is 0 Å². The molecule has 1 aliphatic rings. The van der Waals surface area contributed by atoms with E-state index in [-0.39, 0.29) is 37.2 Å². The van der Waals surface area contributed by atoms with E-state index >= 15 is 0 Å². The van der Waals surface area contributed by atoms with Crippen LogP contribution >= 0.6 is 7.05 Å². The van der Waals surface area contributed by atoms with Gasteiger partial charge in [0.25, 0.3) is 0 Å². The van der Waals surface area contributed by atoms with Gasteiger partial charge in [-0.2, -0.15) is 0 Å². The predicted molar refractivity (Wildman–Crippen MR) is 125 cm³/mol. The zero-order valence-corrected chi connectivity index (χ0v) is 22.0. The second-order valence-electron chi connectivity index (χ2n) is 9.00. The first-order valence-corrected chi connectivity index (χ1v) is 11.9. The van der Waals surface area contributed by atoms with Crippen LogP contribution < -0.4 is 0 Å². The molecule has 154 valence electrons. The minimum absolute atomic E-state index is 0. The van der Waals surface area contributed by atoms with Gasteiger partial charge in [0.05, 0.1) is 0 Å². The van der Waals surface area contributed by atoms with Gasteiger partial charge in [-0.05, 0) is 32.4 Å². The van der Waals surface area contributed by atoms with Crippen LogP contribution in [0.25, 0.3) is 0 Å². The van der Waals surface area contributed by atoms with E-state index in [1.165, 1.54) is 25.0 Å². The zero-order valence-electron chi connectivity index (χ0n) is 19.5. The van der Waals surface area contributed by atoms with Crippen molar-refractivity contribution in [3.05, 3.63) is 49.2 Å². The second kappa shape index (κ2) is 11.8. The normalized spacial score (nSPS) is 14.5. The molecule has 0 saturated carbocycles. The molecular formula is C24H44NPTi. The Morgan fingerprint density at radius 1 is 0.889 bits per heavy atom. The smallest absolute Gasteiger partial charge is 0.0425 e. The number of hydrogen-bond acceptors (Lipinski definition) is 1. The van der Waals surface area contributed by atoms with E-state index in [0.717, 1.165) is 6.42 Å². The molecule has 0 aromatic rings. The molecular weight excluding hydrogens is 381 g/mol. The topological polar surface area (TPSA) is 12.4 Å². The minimum Gasteiger partial charge on any atom is -0.270 e. The zero-order chi connectivity index (χ0) is 20.6. The van der Waals surface area contributed by atoms with E-state index in [2.05, 4.69) is 93.7 Å². The summed E-state index contributed by atoms with van der Waals surface area (Å²) < 4.78 is 5.64. The maximum atomic E-state index is 5.64. The quantitative estimate of drug-likeness (QED) is 0.209. The van der Waals surface area contributed by atoms with Crippen LogP contribution in [0.4, 0.5) is 0 Å². The first kappa shape index (κ1) is 29.1. The van der Waals surface area contributed by atoms with Crippen LogP contribution in [0.15, 0.2) is 54.0 Å². The van der Waals surface area contributed by atoms with Gasteiger partial charge in [0, 0.05) is 49.3 Å². The van der Waals surface area contributed by atoms with Crippen molar-refractivity contribution in [2.75, 3.05) is 0 Å². The summed E-state index contributed by atoms with van der Waals surface area (Å²) in [6.45, 7) is 28.6. The van der Waals surface area contributed by atoms with E-state index in [0.29, 0.717) is 0 Å². The third-order valence-electron chi connectivity index (χ3n) is 6.42. The Kier molecular flexibility index (Phi) is 12.7. The number of rotatable bonds is 8. The van der Waals surface area contributed by atoms with Crippen LogP contribution in [0.5, 0.6) is 0 Å². The van der Waals surface area contributed by atoms with E-state index < -0.39 is 7.05 Å². The summed E-state index contributed by atoms with van der Waals surface area (Å²) in [6, 6.07) is 0. The molecule has 1 aliphatic carbocycles. The maximum Gasteiger partial charge on any atom is 0.0425 e. The Hall–Kier alpha value is -0.0957. The summed E-state index contributed by atoms with van der Waals surface area (Å²) in [4.78, 5) is 0. The third kappa shape index (κ3) is 6.19. The first-order chi connectivity index (χ1) is 11.9. The van der Waals surface area contributed by atoms with E-state index in [1.807, 2.05) is 0 Å². The minimum atomic E-state index is -1.64. The van der Waals surface area contributed by atoms with Crippen LogP contribution in [-0.4, -0.2) is 15.5 Å². The van der Waals surface area contributed by atoms with Gasteiger partial charge in [0.15, 0.2) is 0 Å². The van der Waals surface area contributed by atoms with E-state index in [1.54, 1.807) is 12.2 Å². The summed E-state index contributed by atoms with van der Waals surface area (Å²) in [7, 11) is -1.64. The van der Waals surface area contributed by atoms with Crippen LogP contribution in [0, 0.1) is 0 Å². The monoisotopic (exact) mass is 425 g/mol. The number of hydrogen-bond donors (Lipinski definition) is 0. The van der Waals surface area contributed by atoms with E-state index in [9.17, 15) is 0 Å². The number of allylic oxidation sites excluding steroid dienone is 5. The second-order valence-corrected chi connectivity index (χ2v) is 14.1. The van der Waals surface area contributed by atoms with Crippen molar-refractivity contribution in [2.24, 2.45) is 4.74 Å². The van der Waals surface area contributed by atoms with Crippen molar-refractivity contribution in [1.29, 1.82) is 0 Å². The Balaban J connectivity index is 0. The standard InChI is InChI=1S/C20H38NP.C4H6.Ti/c1-10-18(4,5)22(19(6,7)11-2,20(8,9)12-3)21-17-15-13-14-16-17;1-3-4-2;/h13-15H,10-12,16H2,1-9H3;3-4H,1-2H2;. The van der Waals surface area contributed by atoms with Crippen molar-refractivity contribution >= 4 is 7.05 Å². The van der Waals surface area contributed by atoms with Crippen molar-refractivity contribution in [3.8, 4) is 0 Å². The Morgan fingerprint density at radius 3 is 1.48 bits per heavy atom. The van der Waals surface area contributed by atoms with Gasteiger partial charge in [0.2, 0.25) is 0 Å². The fourth-order valence-corrected chi connectivity index (χ4v) is 11.9. The molecule has 1 rings (SSSR count). The Morgan fingerprint density at radius 2 is 1.26 bits per heavy atom. The molecule has 0 N–H and O–H groups in total. The van der Waals surface area contributed by atoms with Gasteiger partial charge in [-0.1, -0.05) is 99.8 Å². The van der Waals surface area contributed by atoms with Crippen LogP contribution in [0.2, 0.25) is 0 Å². The molecule has 3 heteroatoms. The molecule has 0 aromatic carbocycles. The van der Waals surface area contributed by atoms with Gasteiger partial charge in [-0.25, -0.2) is 0 Å². The number of nitrogens with zero attached hydrogens (tertiary/aromatic N) is 1. The summed E-state index contributed by atoms with van der Waals surface area (Å²) in [5, 5.41) is 0.778. The molecule has 1 nitrogen and oxygen atoms in total.